The number of thiazole rings is 1. The molecule has 1 aliphatic heterocycles. The Morgan fingerprint density at radius 1 is 1.33 bits per heavy atom. The summed E-state index contributed by atoms with van der Waals surface area (Å²) in [5.41, 5.74) is 1.01. The van der Waals surface area contributed by atoms with Gasteiger partial charge in [-0.05, 0) is 19.9 Å². The van der Waals surface area contributed by atoms with Crippen LogP contribution in [0.5, 0.6) is 5.75 Å². The van der Waals surface area contributed by atoms with Crippen molar-refractivity contribution >= 4 is 34.1 Å². The third-order valence-electron chi connectivity index (χ3n) is 3.37. The van der Waals surface area contributed by atoms with E-state index in [1.165, 1.54) is 0 Å². The predicted octanol–water partition coefficient (Wildman–Crippen LogP) is 3.63. The number of para-hydroxylation sites is 1. The van der Waals surface area contributed by atoms with Crippen molar-refractivity contribution in [3.8, 4) is 5.75 Å². The summed E-state index contributed by atoms with van der Waals surface area (Å²) in [6, 6.07) is 7.84. The number of hydrogen-bond donors (Lipinski definition) is 0. The van der Waals surface area contributed by atoms with Crippen molar-refractivity contribution < 1.29 is 9.53 Å². The lowest BCUT2D eigenvalue weighted by Gasteiger charge is -2.23. The molecule has 110 valence electrons. The normalized spacial score (nSPS) is 21.9. The summed E-state index contributed by atoms with van der Waals surface area (Å²) in [5.74, 6) is 0.903. The fourth-order valence-electron chi connectivity index (χ4n) is 2.36. The number of carbonyl (C=O) groups is 1. The lowest BCUT2D eigenvalue weighted by molar-refractivity contribution is -0.117. The van der Waals surface area contributed by atoms with E-state index in [4.69, 9.17) is 4.74 Å². The quantitative estimate of drug-likeness (QED) is 0.866. The van der Waals surface area contributed by atoms with Gasteiger partial charge in [0.15, 0.2) is 5.13 Å². The minimum Gasteiger partial charge on any atom is -0.496 e. The molecule has 1 aliphatic rings. The smallest absolute Gasteiger partial charge is 0.242 e. The van der Waals surface area contributed by atoms with Crippen molar-refractivity contribution in [2.45, 2.75) is 24.5 Å². The molecule has 1 aromatic heterocycles. The number of rotatable bonds is 3. The molecule has 1 saturated heterocycles. The van der Waals surface area contributed by atoms with Gasteiger partial charge in [0.05, 0.1) is 12.4 Å². The first kappa shape index (κ1) is 14.4. The summed E-state index contributed by atoms with van der Waals surface area (Å²) in [5, 5.41) is 0.587. The molecule has 0 radical (unpaired) electrons. The number of benzene rings is 1. The van der Waals surface area contributed by atoms with Crippen molar-refractivity contribution in [3.63, 3.8) is 0 Å². The molecule has 21 heavy (non-hydrogen) atoms. The first-order chi connectivity index (χ1) is 10.1. The number of ether oxygens (including phenoxy) is 1. The van der Waals surface area contributed by atoms with Gasteiger partial charge in [-0.3, -0.25) is 9.69 Å². The SMILES string of the molecule is COc1ccccc1[C@@H]1S[C@@H](C)C(=O)N1c1ncc(C)s1. The maximum Gasteiger partial charge on any atom is 0.242 e. The van der Waals surface area contributed by atoms with Gasteiger partial charge in [0.2, 0.25) is 5.91 Å². The van der Waals surface area contributed by atoms with Crippen molar-refractivity contribution in [3.05, 3.63) is 40.9 Å². The van der Waals surface area contributed by atoms with E-state index in [0.717, 1.165) is 21.3 Å². The molecule has 4 nitrogen and oxygen atoms in total. The van der Waals surface area contributed by atoms with E-state index in [0.29, 0.717) is 0 Å². The molecule has 2 heterocycles. The van der Waals surface area contributed by atoms with Gasteiger partial charge in [0.25, 0.3) is 0 Å². The van der Waals surface area contributed by atoms with Crippen LogP contribution in [0.15, 0.2) is 30.5 Å². The molecule has 0 spiro atoms. The zero-order valence-corrected chi connectivity index (χ0v) is 13.7. The van der Waals surface area contributed by atoms with Gasteiger partial charge >= 0.3 is 0 Å². The Balaban J connectivity index is 2.05. The van der Waals surface area contributed by atoms with Crippen LogP contribution in [0.3, 0.4) is 0 Å². The second-order valence-electron chi connectivity index (χ2n) is 4.83. The van der Waals surface area contributed by atoms with Crippen LogP contribution in [0.4, 0.5) is 5.13 Å². The highest BCUT2D eigenvalue weighted by Crippen LogP contribution is 2.48. The Bertz CT molecular complexity index is 671. The summed E-state index contributed by atoms with van der Waals surface area (Å²) < 4.78 is 5.45. The van der Waals surface area contributed by atoms with Crippen LogP contribution in [0.2, 0.25) is 0 Å². The van der Waals surface area contributed by atoms with E-state index in [1.807, 2.05) is 38.1 Å². The topological polar surface area (TPSA) is 42.4 Å². The fourth-order valence-corrected chi connectivity index (χ4v) is 4.50. The molecule has 0 bridgehead atoms. The lowest BCUT2D eigenvalue weighted by Crippen LogP contribution is -2.30. The molecule has 0 saturated carbocycles. The Labute approximate surface area is 132 Å². The van der Waals surface area contributed by atoms with Gasteiger partial charge in [-0.25, -0.2) is 4.98 Å². The monoisotopic (exact) mass is 320 g/mol. The second-order valence-corrected chi connectivity index (χ2v) is 7.47. The first-order valence-corrected chi connectivity index (χ1v) is 8.41. The molecule has 1 aromatic carbocycles. The summed E-state index contributed by atoms with van der Waals surface area (Å²) in [6.07, 6.45) is 1.81. The lowest BCUT2D eigenvalue weighted by atomic mass is 10.2. The van der Waals surface area contributed by atoms with Crippen LogP contribution in [-0.4, -0.2) is 23.3 Å². The molecule has 6 heteroatoms. The summed E-state index contributed by atoms with van der Waals surface area (Å²) in [6.45, 7) is 3.94. The standard InChI is InChI=1S/C15H16N2O2S2/c1-9-8-16-15(20-9)17-13(18)10(2)21-14(17)11-6-4-5-7-12(11)19-3/h4-8,10,14H,1-3H3/t10-,14-/m0/s1. The molecule has 0 aliphatic carbocycles. The highest BCUT2D eigenvalue weighted by molar-refractivity contribution is 8.01. The van der Waals surface area contributed by atoms with Crippen LogP contribution >= 0.6 is 23.1 Å². The Morgan fingerprint density at radius 2 is 2.10 bits per heavy atom. The van der Waals surface area contributed by atoms with Gasteiger partial charge in [-0.1, -0.05) is 18.2 Å². The van der Waals surface area contributed by atoms with E-state index in [1.54, 1.807) is 41.3 Å². The average Bonchev–Trinajstić information content (AvgIpc) is 3.03. The van der Waals surface area contributed by atoms with Gasteiger partial charge in [-0.2, -0.15) is 0 Å². The molecule has 2 atom stereocenters. The minimum atomic E-state index is -0.0887. The number of anilines is 1. The molecule has 3 rings (SSSR count). The molecular formula is C15H16N2O2S2. The molecule has 0 unspecified atom stereocenters. The molecular weight excluding hydrogens is 304 g/mol. The van der Waals surface area contributed by atoms with E-state index < -0.39 is 0 Å². The number of hydrogen-bond acceptors (Lipinski definition) is 5. The van der Waals surface area contributed by atoms with E-state index in [9.17, 15) is 4.79 Å². The maximum atomic E-state index is 12.5. The summed E-state index contributed by atoms with van der Waals surface area (Å²) >= 11 is 3.17. The third-order valence-corrected chi connectivity index (χ3v) is 5.62. The van der Waals surface area contributed by atoms with Gasteiger partial charge in [0, 0.05) is 16.6 Å². The van der Waals surface area contributed by atoms with E-state index in [-0.39, 0.29) is 16.5 Å². The maximum absolute atomic E-state index is 12.5. The van der Waals surface area contributed by atoms with Crippen molar-refractivity contribution in [2.24, 2.45) is 0 Å². The van der Waals surface area contributed by atoms with Crippen LogP contribution in [0.25, 0.3) is 0 Å². The second kappa shape index (κ2) is 5.69. The van der Waals surface area contributed by atoms with Gasteiger partial charge in [0.1, 0.15) is 11.1 Å². The van der Waals surface area contributed by atoms with Crippen molar-refractivity contribution in [2.75, 3.05) is 12.0 Å². The zero-order valence-electron chi connectivity index (χ0n) is 12.1. The molecule has 2 aromatic rings. The van der Waals surface area contributed by atoms with Crippen LogP contribution in [-0.2, 0) is 4.79 Å². The molecule has 0 N–H and O–H groups in total. The number of thioether (sulfide) groups is 1. The predicted molar refractivity (Wildman–Crippen MR) is 87.1 cm³/mol. The van der Waals surface area contributed by atoms with Gasteiger partial charge in [-0.15, -0.1) is 23.1 Å². The molecule has 1 fully saturated rings. The largest absolute Gasteiger partial charge is 0.496 e. The number of methoxy groups -OCH3 is 1. The number of carbonyl (C=O) groups excluding carboxylic acids is 1. The molecule has 1 amide bonds. The van der Waals surface area contributed by atoms with Crippen LogP contribution in [0, 0.1) is 6.92 Å². The van der Waals surface area contributed by atoms with Crippen molar-refractivity contribution in [1.82, 2.24) is 4.98 Å². The fraction of sp³-hybridized carbons (Fsp3) is 0.333. The number of aryl methyl sites for hydroxylation is 1. The third kappa shape index (κ3) is 2.53. The first-order valence-electron chi connectivity index (χ1n) is 6.65. The average molecular weight is 320 g/mol. The Kier molecular flexibility index (Phi) is 3.91. The number of amides is 1. The van der Waals surface area contributed by atoms with Crippen LogP contribution < -0.4 is 9.64 Å². The highest BCUT2D eigenvalue weighted by Gasteiger charge is 2.41. The summed E-state index contributed by atoms with van der Waals surface area (Å²) in [7, 11) is 1.65. The van der Waals surface area contributed by atoms with E-state index in [2.05, 4.69) is 4.98 Å². The highest BCUT2D eigenvalue weighted by atomic mass is 32.2. The van der Waals surface area contributed by atoms with Gasteiger partial charge < -0.3 is 4.74 Å². The Morgan fingerprint density at radius 3 is 2.76 bits per heavy atom. The number of nitrogens with zero attached hydrogens (tertiary/aromatic N) is 2. The summed E-state index contributed by atoms with van der Waals surface area (Å²) in [4.78, 5) is 19.8. The van der Waals surface area contributed by atoms with Crippen molar-refractivity contribution in [1.29, 1.82) is 0 Å². The van der Waals surface area contributed by atoms with E-state index >= 15 is 0 Å². The zero-order chi connectivity index (χ0) is 15.0. The minimum absolute atomic E-state index is 0.0795. The number of aromatic nitrogens is 1. The van der Waals surface area contributed by atoms with Crippen LogP contribution in [0.1, 0.15) is 22.7 Å². The Hall–Kier alpha value is -1.53.